The maximum absolute atomic E-state index is 14.4. The van der Waals surface area contributed by atoms with Crippen molar-refractivity contribution in [3.63, 3.8) is 0 Å². The third-order valence-corrected chi connectivity index (χ3v) is 12.5. The number of aromatic nitrogens is 4. The third kappa shape index (κ3) is 8.59. The molecule has 3 fully saturated rings. The molecular formula is C44H54F2N8O6. The summed E-state index contributed by atoms with van der Waals surface area (Å²) in [6.07, 6.45) is 4.99. The first-order valence-electron chi connectivity index (χ1n) is 20.8. The number of hydrogen-bond donors (Lipinski definition) is 4. The Balaban J connectivity index is 1.04. The number of likely N-dealkylation sites (tertiary alicyclic amines) is 2. The van der Waals surface area contributed by atoms with Gasteiger partial charge < -0.3 is 39.9 Å². The van der Waals surface area contributed by atoms with Gasteiger partial charge in [0.2, 0.25) is 17.7 Å². The fourth-order valence-corrected chi connectivity index (χ4v) is 9.09. The third-order valence-electron chi connectivity index (χ3n) is 12.5. The van der Waals surface area contributed by atoms with Crippen molar-refractivity contribution in [1.82, 2.24) is 40.4 Å². The van der Waals surface area contributed by atoms with Gasteiger partial charge in [0.25, 0.3) is 0 Å². The summed E-state index contributed by atoms with van der Waals surface area (Å²) in [5.74, 6) is -2.10. The fraction of sp³-hybridized carbons (Fsp3) is 0.500. The number of imidazole rings is 2. The second-order valence-electron chi connectivity index (χ2n) is 16.5. The van der Waals surface area contributed by atoms with Crippen molar-refractivity contribution in [2.75, 3.05) is 20.8 Å². The summed E-state index contributed by atoms with van der Waals surface area (Å²) in [5.41, 5.74) is 4.58. The van der Waals surface area contributed by atoms with Crippen LogP contribution in [0.4, 0.5) is 18.4 Å². The van der Waals surface area contributed by atoms with Crippen LogP contribution in [-0.2, 0) is 19.1 Å². The zero-order chi connectivity index (χ0) is 42.8. The SMILES string of the molecule is CC[C@H](NC(=O)OC)C(=O)N1C(c2nc(-c3ccc(-c4ccc(-c5cnc([C@@H]6CCCN6C(=O)[C@@H](NC(=O)OC)C(C)C)[nH]5)cc4)cc3)c[nH]2)CCC12CCC(F)(F)CC2. The molecule has 14 nitrogen and oxygen atoms in total. The van der Waals surface area contributed by atoms with Crippen LogP contribution in [0.2, 0.25) is 0 Å². The van der Waals surface area contributed by atoms with Crippen LogP contribution < -0.4 is 10.6 Å². The highest BCUT2D eigenvalue weighted by molar-refractivity contribution is 5.87. The van der Waals surface area contributed by atoms with Crippen LogP contribution >= 0.6 is 0 Å². The van der Waals surface area contributed by atoms with Gasteiger partial charge in [0.05, 0.1) is 43.9 Å². The van der Waals surface area contributed by atoms with E-state index in [2.05, 4.69) is 25.6 Å². The number of carbonyl (C=O) groups is 4. The van der Waals surface area contributed by atoms with Gasteiger partial charge in [-0.25, -0.2) is 28.3 Å². The van der Waals surface area contributed by atoms with Gasteiger partial charge in [0.15, 0.2) is 0 Å². The van der Waals surface area contributed by atoms with Crippen molar-refractivity contribution in [2.45, 2.75) is 114 Å². The molecule has 1 unspecified atom stereocenters. The number of benzene rings is 2. The minimum Gasteiger partial charge on any atom is -0.453 e. The number of alkyl carbamates (subject to hydrolysis) is 2. The number of H-pyrrole nitrogens is 2. The number of rotatable bonds is 11. The second kappa shape index (κ2) is 17.4. The number of carbonyl (C=O) groups excluding carboxylic acids is 4. The summed E-state index contributed by atoms with van der Waals surface area (Å²) in [6, 6.07) is 13.8. The van der Waals surface area contributed by atoms with Crippen molar-refractivity contribution in [3.8, 4) is 33.6 Å². The lowest BCUT2D eigenvalue weighted by Gasteiger charge is -2.46. The molecule has 1 aliphatic carbocycles. The topological polar surface area (TPSA) is 175 Å². The molecule has 60 heavy (non-hydrogen) atoms. The Labute approximate surface area is 348 Å². The Hall–Kier alpha value is -5.80. The molecule has 16 heteroatoms. The van der Waals surface area contributed by atoms with E-state index in [0.29, 0.717) is 43.1 Å². The Morgan fingerprint density at radius 2 is 1.43 bits per heavy atom. The Morgan fingerprint density at radius 3 is 2.05 bits per heavy atom. The maximum atomic E-state index is 14.4. The molecule has 4 N–H and O–H groups in total. The largest absolute Gasteiger partial charge is 0.453 e. The van der Waals surface area contributed by atoms with Crippen molar-refractivity contribution in [3.05, 3.63) is 72.6 Å². The van der Waals surface area contributed by atoms with Crippen LogP contribution in [0, 0.1) is 5.92 Å². The molecule has 0 radical (unpaired) electrons. The monoisotopic (exact) mass is 828 g/mol. The Bertz CT molecular complexity index is 2160. The van der Waals surface area contributed by atoms with Gasteiger partial charge in [-0.05, 0) is 67.6 Å². The van der Waals surface area contributed by atoms with Crippen molar-refractivity contribution >= 4 is 24.0 Å². The number of hydrogen-bond acceptors (Lipinski definition) is 8. The molecule has 1 saturated carbocycles. The predicted octanol–water partition coefficient (Wildman–Crippen LogP) is 7.92. The number of nitrogens with zero attached hydrogens (tertiary/aromatic N) is 4. The number of ether oxygens (including phenoxy) is 2. The molecule has 7 rings (SSSR count). The molecule has 3 aliphatic rings. The predicted molar refractivity (Wildman–Crippen MR) is 219 cm³/mol. The van der Waals surface area contributed by atoms with E-state index in [1.54, 1.807) is 29.1 Å². The van der Waals surface area contributed by atoms with Crippen LogP contribution in [-0.4, -0.2) is 98.0 Å². The van der Waals surface area contributed by atoms with Crippen LogP contribution in [0.1, 0.15) is 102 Å². The lowest BCUT2D eigenvalue weighted by Crippen LogP contribution is -2.57. The van der Waals surface area contributed by atoms with E-state index >= 15 is 0 Å². The van der Waals surface area contributed by atoms with Gasteiger partial charge in [0, 0.05) is 36.7 Å². The smallest absolute Gasteiger partial charge is 0.407 e. The molecule has 2 saturated heterocycles. The van der Waals surface area contributed by atoms with E-state index in [1.807, 2.05) is 62.4 Å². The van der Waals surface area contributed by atoms with E-state index in [9.17, 15) is 28.0 Å². The van der Waals surface area contributed by atoms with Crippen LogP contribution in [0.15, 0.2) is 60.9 Å². The summed E-state index contributed by atoms with van der Waals surface area (Å²) in [6.45, 7) is 6.14. The quantitative estimate of drug-likeness (QED) is 0.118. The number of amides is 4. The van der Waals surface area contributed by atoms with Gasteiger partial charge >= 0.3 is 12.2 Å². The highest BCUT2D eigenvalue weighted by atomic mass is 19.3. The van der Waals surface area contributed by atoms with Crippen LogP contribution in [0.3, 0.4) is 0 Å². The van der Waals surface area contributed by atoms with E-state index in [4.69, 9.17) is 14.5 Å². The average molecular weight is 829 g/mol. The number of aromatic amines is 2. The van der Waals surface area contributed by atoms with Crippen LogP contribution in [0.25, 0.3) is 33.6 Å². The van der Waals surface area contributed by atoms with Crippen molar-refractivity contribution in [2.24, 2.45) is 5.92 Å². The fourth-order valence-electron chi connectivity index (χ4n) is 9.09. The summed E-state index contributed by atoms with van der Waals surface area (Å²) in [4.78, 5) is 71.6. The van der Waals surface area contributed by atoms with Crippen LogP contribution in [0.5, 0.6) is 0 Å². The summed E-state index contributed by atoms with van der Waals surface area (Å²) < 4.78 is 38.3. The van der Waals surface area contributed by atoms with Crippen molar-refractivity contribution in [1.29, 1.82) is 0 Å². The molecule has 4 heterocycles. The molecule has 1 spiro atoms. The molecule has 320 valence electrons. The molecular weight excluding hydrogens is 775 g/mol. The number of alkyl halides is 2. The highest BCUT2D eigenvalue weighted by Crippen LogP contribution is 2.52. The summed E-state index contributed by atoms with van der Waals surface area (Å²) in [5, 5.41) is 5.32. The van der Waals surface area contributed by atoms with Gasteiger partial charge in [-0.3, -0.25) is 9.59 Å². The lowest BCUT2D eigenvalue weighted by atomic mass is 9.78. The zero-order valence-electron chi connectivity index (χ0n) is 34.7. The molecule has 2 aliphatic heterocycles. The molecule has 4 atom stereocenters. The van der Waals surface area contributed by atoms with E-state index in [1.165, 1.54) is 14.2 Å². The first-order valence-corrected chi connectivity index (χ1v) is 20.8. The van der Waals surface area contributed by atoms with E-state index in [-0.39, 0.29) is 49.5 Å². The van der Waals surface area contributed by atoms with Gasteiger partial charge in [-0.15, -0.1) is 0 Å². The molecule has 0 bridgehead atoms. The first kappa shape index (κ1) is 42.3. The average Bonchev–Trinajstić information content (AvgIpc) is 4.09. The minimum absolute atomic E-state index is 0.124. The Morgan fingerprint density at radius 1 is 0.817 bits per heavy atom. The Kier molecular flexibility index (Phi) is 12.3. The number of methoxy groups -OCH3 is 2. The summed E-state index contributed by atoms with van der Waals surface area (Å²) >= 11 is 0. The second-order valence-corrected chi connectivity index (χ2v) is 16.5. The first-order chi connectivity index (χ1) is 28.8. The number of nitrogens with one attached hydrogen (secondary N) is 4. The van der Waals surface area contributed by atoms with E-state index in [0.717, 1.165) is 40.8 Å². The van der Waals surface area contributed by atoms with Gasteiger partial charge in [-0.2, -0.15) is 0 Å². The summed E-state index contributed by atoms with van der Waals surface area (Å²) in [7, 11) is 2.51. The molecule has 2 aromatic heterocycles. The normalized spacial score (nSPS) is 20.5. The molecule has 4 amide bonds. The minimum atomic E-state index is -2.77. The van der Waals surface area contributed by atoms with E-state index < -0.39 is 41.8 Å². The van der Waals surface area contributed by atoms with Crippen molar-refractivity contribution < 1.29 is 37.4 Å². The molecule has 2 aromatic carbocycles. The lowest BCUT2D eigenvalue weighted by molar-refractivity contribution is -0.146. The standard InChI is InChI=1S/C44H54F2N8O6/c1-6-31(51-41(57)59-4)39(55)54-35(17-18-43(54)19-21-44(45,46)22-20-43)38-48-25-33(50-38)30-15-11-28(12-16-30)27-9-13-29(14-10-27)32-24-47-37(49-32)34-8-7-23-53(34)40(56)36(26(2)3)52-42(58)60-5/h9-16,24-26,31,34-36H,6-8,17-23H2,1-5H3,(H,47,49)(H,48,50)(H,51,57)(H,52,58)/t31-,34-,35?,36-/m0/s1. The zero-order valence-corrected chi connectivity index (χ0v) is 34.7. The molecule has 4 aromatic rings. The van der Waals surface area contributed by atoms with Gasteiger partial charge in [0.1, 0.15) is 23.7 Å². The maximum Gasteiger partial charge on any atom is 0.407 e. The highest BCUT2D eigenvalue weighted by Gasteiger charge is 2.55. The number of halogens is 2. The van der Waals surface area contributed by atoms with Gasteiger partial charge in [-0.1, -0.05) is 69.3 Å².